The number of allylic oxidation sites excluding steroid dienone is 2. The van der Waals surface area contributed by atoms with Gasteiger partial charge in [-0.05, 0) is 162 Å². The summed E-state index contributed by atoms with van der Waals surface area (Å²) in [6, 6.07) is 0. The van der Waals surface area contributed by atoms with Crippen LogP contribution in [-0.4, -0.2) is 33.0 Å². The van der Waals surface area contributed by atoms with Crippen LogP contribution >= 0.6 is 0 Å². The zero-order valence-electron chi connectivity index (χ0n) is 27.2. The molecule has 8 aliphatic carbocycles. The average molecular weight is 599 g/mol. The van der Waals surface area contributed by atoms with Gasteiger partial charge in [0.25, 0.3) is 0 Å². The van der Waals surface area contributed by atoms with Crippen molar-refractivity contribution in [1.29, 1.82) is 0 Å². The normalized spacial score (nSPS) is 50.9. The summed E-state index contributed by atoms with van der Waals surface area (Å²) >= 11 is 0. The molecule has 6 fully saturated rings. The second-order valence-electron chi connectivity index (χ2n) is 16.8. The van der Waals surface area contributed by atoms with Gasteiger partial charge in [-0.15, -0.1) is 0 Å². The predicted octanol–water partition coefficient (Wildman–Crippen LogP) is 7.52. The van der Waals surface area contributed by atoms with Crippen LogP contribution < -0.4 is 0 Å². The number of rotatable bonds is 2. The zero-order valence-corrected chi connectivity index (χ0v) is 27.2. The molecule has 44 heavy (non-hydrogen) atoms. The first kappa shape index (κ1) is 29.7. The molecule has 0 aromatic heterocycles. The molecule has 0 aromatic carbocycles. The quantitative estimate of drug-likeness (QED) is 0.323. The lowest BCUT2D eigenvalue weighted by Gasteiger charge is -2.56. The van der Waals surface area contributed by atoms with E-state index in [0.717, 1.165) is 103 Å². The van der Waals surface area contributed by atoms with Crippen LogP contribution in [0.3, 0.4) is 0 Å². The van der Waals surface area contributed by atoms with E-state index < -0.39 is 11.2 Å². The van der Waals surface area contributed by atoms with Crippen molar-refractivity contribution in [2.75, 3.05) is 0 Å². The number of carbonyl (C=O) groups is 2. The van der Waals surface area contributed by atoms with Crippen molar-refractivity contribution in [3.63, 3.8) is 0 Å². The van der Waals surface area contributed by atoms with E-state index in [2.05, 4.69) is 25.7 Å². The molecule has 4 heteroatoms. The van der Waals surface area contributed by atoms with Crippen molar-refractivity contribution >= 4 is 11.6 Å². The Bertz CT molecular complexity index is 1260. The maximum Gasteiger partial charge on any atom is 0.155 e. The van der Waals surface area contributed by atoms with Gasteiger partial charge in [-0.3, -0.25) is 9.59 Å². The number of hydrogen-bond acceptors (Lipinski definition) is 4. The minimum atomic E-state index is -1.03. The minimum Gasteiger partial charge on any atom is -0.377 e. The van der Waals surface area contributed by atoms with E-state index in [1.165, 1.54) is 11.1 Å². The molecule has 0 radical (unpaired) electrons. The van der Waals surface area contributed by atoms with Crippen molar-refractivity contribution in [2.24, 2.45) is 58.2 Å². The molecule has 0 spiro atoms. The summed E-state index contributed by atoms with van der Waals surface area (Å²) in [4.78, 5) is 24.3. The Morgan fingerprint density at radius 3 is 1.43 bits per heavy atom. The first-order valence-corrected chi connectivity index (χ1v) is 18.6. The Kier molecular flexibility index (Phi) is 7.02. The third kappa shape index (κ3) is 3.96. The van der Waals surface area contributed by atoms with Crippen LogP contribution in [0.15, 0.2) is 23.3 Å². The highest BCUT2D eigenvalue weighted by molar-refractivity contribution is 5.91. The molecule has 0 heterocycles. The molecule has 0 saturated heterocycles. The number of ketones is 2. The topological polar surface area (TPSA) is 74.6 Å². The molecule has 0 bridgehead atoms. The Balaban J connectivity index is 1.07. The highest BCUT2D eigenvalue weighted by Crippen LogP contribution is 2.68. The number of aliphatic hydroxyl groups is 2. The monoisotopic (exact) mass is 598 g/mol. The molecule has 0 amide bonds. The molecule has 0 aromatic rings. The van der Waals surface area contributed by atoms with Gasteiger partial charge in [0, 0.05) is 23.7 Å². The Hall–Kier alpha value is -1.70. The molecule has 0 unspecified atom stereocenters. The number of fused-ring (bicyclic) bond motifs is 10. The van der Waals surface area contributed by atoms with E-state index in [0.29, 0.717) is 71.8 Å². The summed E-state index contributed by atoms with van der Waals surface area (Å²) in [5.41, 5.74) is 0.384. The predicted molar refractivity (Wildman–Crippen MR) is 171 cm³/mol. The maximum absolute atomic E-state index is 12.6. The fourth-order valence-electron chi connectivity index (χ4n) is 14.1. The van der Waals surface area contributed by atoms with Gasteiger partial charge in [0.15, 0.2) is 11.6 Å². The molecule has 8 aliphatic rings. The van der Waals surface area contributed by atoms with Crippen LogP contribution in [0.25, 0.3) is 0 Å². The molecule has 12 atom stereocenters. The summed E-state index contributed by atoms with van der Waals surface area (Å²) in [5.74, 6) is 12.4. The van der Waals surface area contributed by atoms with Crippen LogP contribution in [0.2, 0.25) is 0 Å². The maximum atomic E-state index is 12.6. The first-order chi connectivity index (χ1) is 21.2. The second-order valence-corrected chi connectivity index (χ2v) is 16.8. The number of carbonyl (C=O) groups excluding carboxylic acids is 2. The van der Waals surface area contributed by atoms with E-state index in [-0.39, 0.29) is 10.8 Å². The van der Waals surface area contributed by atoms with Crippen molar-refractivity contribution < 1.29 is 19.8 Å². The zero-order chi connectivity index (χ0) is 30.5. The lowest BCUT2D eigenvalue weighted by atomic mass is 9.49. The third-order valence-corrected chi connectivity index (χ3v) is 16.0. The molecule has 6 saturated carbocycles. The van der Waals surface area contributed by atoms with Gasteiger partial charge in [0.2, 0.25) is 0 Å². The molecular formula is C40H54O4. The van der Waals surface area contributed by atoms with Crippen molar-refractivity contribution in [1.82, 2.24) is 0 Å². The van der Waals surface area contributed by atoms with E-state index in [9.17, 15) is 19.8 Å². The van der Waals surface area contributed by atoms with E-state index in [1.54, 1.807) is 0 Å². The molecule has 238 valence electrons. The van der Waals surface area contributed by atoms with Gasteiger partial charge in [0.05, 0.1) is 0 Å². The summed E-state index contributed by atoms with van der Waals surface area (Å²) in [6.45, 7) is 4.55. The summed E-state index contributed by atoms with van der Waals surface area (Å²) in [7, 11) is 0. The minimum absolute atomic E-state index is 0.192. The Labute approximate surface area is 264 Å². The standard InChI is InChI=1S/C40H54O4/c1-3-37-17-13-31-29-11-7-27(41)23-25(29)5-9-33(31)35(37)15-19-39(37,43)21-22-40(44)20-16-36-34-10-6-26-24-28(42)8-12-30(26)32(34)14-18-38(36,40)4-2/h23-24,29-36,43-44H,3-20H2,1-2H3/t29-,30+,31+,32-,33+,34-,35-,36+,37-,38+,39+,40-. The van der Waals surface area contributed by atoms with Gasteiger partial charge in [-0.25, -0.2) is 0 Å². The molecule has 4 nitrogen and oxygen atoms in total. The molecule has 8 rings (SSSR count). The number of hydrogen-bond donors (Lipinski definition) is 2. The van der Waals surface area contributed by atoms with E-state index >= 15 is 0 Å². The van der Waals surface area contributed by atoms with Gasteiger partial charge < -0.3 is 10.2 Å². The Morgan fingerprint density at radius 2 is 1.02 bits per heavy atom. The van der Waals surface area contributed by atoms with E-state index in [4.69, 9.17) is 0 Å². The molecule has 2 N–H and O–H groups in total. The van der Waals surface area contributed by atoms with Gasteiger partial charge in [0.1, 0.15) is 11.2 Å². The van der Waals surface area contributed by atoms with Crippen LogP contribution in [0.4, 0.5) is 0 Å². The molecule has 0 aliphatic heterocycles. The van der Waals surface area contributed by atoms with Gasteiger partial charge in [-0.2, -0.15) is 0 Å². The average Bonchev–Trinajstić information content (AvgIpc) is 3.51. The van der Waals surface area contributed by atoms with Crippen molar-refractivity contribution in [2.45, 2.75) is 141 Å². The summed E-state index contributed by atoms with van der Waals surface area (Å²) in [6.07, 6.45) is 21.5. The van der Waals surface area contributed by atoms with Crippen molar-refractivity contribution in [3.05, 3.63) is 23.3 Å². The van der Waals surface area contributed by atoms with Crippen LogP contribution in [0, 0.1) is 70.0 Å². The van der Waals surface area contributed by atoms with Gasteiger partial charge >= 0.3 is 0 Å². The lowest BCUT2D eigenvalue weighted by Crippen LogP contribution is -2.55. The highest BCUT2D eigenvalue weighted by atomic mass is 16.3. The highest BCUT2D eigenvalue weighted by Gasteiger charge is 2.66. The Morgan fingerprint density at radius 1 is 0.591 bits per heavy atom. The smallest absolute Gasteiger partial charge is 0.155 e. The summed E-state index contributed by atoms with van der Waals surface area (Å²) in [5, 5.41) is 25.2. The van der Waals surface area contributed by atoms with Crippen LogP contribution in [0.5, 0.6) is 0 Å². The SMILES string of the molecule is CC[C@@]12CC[C@@H]3[C@H](CCC4=CC(=O)CC[C@H]43)[C@H]1CC[C@]2(O)C#C[C@]1(O)CC[C@H]2[C@@H]3CCC4=CC(=O)CC[C@@H]4[C@H]3CC[C@@]21CC. The largest absolute Gasteiger partial charge is 0.377 e. The van der Waals surface area contributed by atoms with Crippen LogP contribution in [-0.2, 0) is 9.59 Å². The molecular weight excluding hydrogens is 544 g/mol. The fourth-order valence-corrected chi connectivity index (χ4v) is 14.1. The van der Waals surface area contributed by atoms with Gasteiger partial charge in [-0.1, -0.05) is 36.8 Å². The van der Waals surface area contributed by atoms with Crippen LogP contribution in [0.1, 0.15) is 129 Å². The fraction of sp³-hybridized carbons (Fsp3) is 0.800. The lowest BCUT2D eigenvalue weighted by molar-refractivity contribution is -0.118. The third-order valence-electron chi connectivity index (χ3n) is 16.0. The second kappa shape index (κ2) is 10.4. The first-order valence-electron chi connectivity index (χ1n) is 18.6. The summed E-state index contributed by atoms with van der Waals surface area (Å²) < 4.78 is 0. The van der Waals surface area contributed by atoms with Crippen molar-refractivity contribution in [3.8, 4) is 11.8 Å². The van der Waals surface area contributed by atoms with E-state index in [1.807, 2.05) is 12.2 Å².